The Morgan fingerprint density at radius 3 is 2.09 bits per heavy atom. The van der Waals surface area contributed by atoms with Gasteiger partial charge in [0.25, 0.3) is 0 Å². The van der Waals surface area contributed by atoms with Crippen molar-refractivity contribution in [3.63, 3.8) is 0 Å². The maximum atomic E-state index is 13.5. The fourth-order valence-electron chi connectivity index (χ4n) is 4.12. The van der Waals surface area contributed by atoms with E-state index in [1.807, 2.05) is 62.4 Å². The van der Waals surface area contributed by atoms with Crippen molar-refractivity contribution in [1.29, 1.82) is 0 Å². The first kappa shape index (κ1) is 25.2. The van der Waals surface area contributed by atoms with Crippen LogP contribution in [0.1, 0.15) is 16.7 Å². The predicted octanol–water partition coefficient (Wildman–Crippen LogP) is 4.50. The summed E-state index contributed by atoms with van der Waals surface area (Å²) < 4.78 is 28.4. The molecule has 3 aromatic rings. The zero-order valence-corrected chi connectivity index (χ0v) is 21.6. The number of piperazine rings is 1. The normalized spacial score (nSPS) is 14.4. The standard InChI is InChI=1S/C27H30ClN3O3S/c1-21-6-10-23(11-7-21)19-31(35(33,34)26-12-8-22(2)9-13-26)20-27(32)30-16-14-29(15-17-30)25-5-3-4-24(28)18-25/h3-13,18H,14-17,19-20H2,1-2H3. The number of carbonyl (C=O) groups is 1. The number of hydrogen-bond acceptors (Lipinski definition) is 4. The van der Waals surface area contributed by atoms with Crippen molar-refractivity contribution in [1.82, 2.24) is 9.21 Å². The van der Waals surface area contributed by atoms with Crippen molar-refractivity contribution >= 4 is 33.2 Å². The number of rotatable bonds is 7. The van der Waals surface area contributed by atoms with Crippen LogP contribution in [0.2, 0.25) is 5.02 Å². The number of carbonyl (C=O) groups excluding carboxylic acids is 1. The summed E-state index contributed by atoms with van der Waals surface area (Å²) >= 11 is 6.12. The number of hydrogen-bond donors (Lipinski definition) is 0. The summed E-state index contributed by atoms with van der Waals surface area (Å²) in [6.07, 6.45) is 0. The molecule has 1 aliphatic heterocycles. The largest absolute Gasteiger partial charge is 0.368 e. The van der Waals surface area contributed by atoms with Crippen LogP contribution in [0.25, 0.3) is 0 Å². The van der Waals surface area contributed by atoms with Crippen molar-refractivity contribution in [2.45, 2.75) is 25.3 Å². The molecule has 1 fully saturated rings. The monoisotopic (exact) mass is 511 g/mol. The molecule has 0 unspecified atom stereocenters. The quantitative estimate of drug-likeness (QED) is 0.468. The summed E-state index contributed by atoms with van der Waals surface area (Å²) in [6, 6.07) is 22.1. The average molecular weight is 512 g/mol. The summed E-state index contributed by atoms with van der Waals surface area (Å²) in [5, 5.41) is 0.675. The summed E-state index contributed by atoms with van der Waals surface area (Å²) in [5.74, 6) is -0.196. The van der Waals surface area contributed by atoms with Crippen LogP contribution >= 0.6 is 11.6 Å². The second-order valence-corrected chi connectivity index (χ2v) is 11.3. The van der Waals surface area contributed by atoms with Crippen LogP contribution in [0.15, 0.2) is 77.7 Å². The molecule has 0 saturated carbocycles. The molecule has 0 bridgehead atoms. The van der Waals surface area contributed by atoms with Crippen molar-refractivity contribution in [3.8, 4) is 0 Å². The molecule has 35 heavy (non-hydrogen) atoms. The number of amides is 1. The molecule has 1 aliphatic rings. The molecule has 0 aliphatic carbocycles. The van der Waals surface area contributed by atoms with Crippen molar-refractivity contribution < 1.29 is 13.2 Å². The lowest BCUT2D eigenvalue weighted by Crippen LogP contribution is -2.51. The Morgan fingerprint density at radius 1 is 0.886 bits per heavy atom. The van der Waals surface area contributed by atoms with Gasteiger partial charge in [-0.25, -0.2) is 8.42 Å². The van der Waals surface area contributed by atoms with Gasteiger partial charge in [-0.15, -0.1) is 0 Å². The highest BCUT2D eigenvalue weighted by molar-refractivity contribution is 7.89. The van der Waals surface area contributed by atoms with Crippen LogP contribution < -0.4 is 4.90 Å². The molecule has 1 amide bonds. The van der Waals surface area contributed by atoms with E-state index in [1.165, 1.54) is 4.31 Å². The average Bonchev–Trinajstić information content (AvgIpc) is 2.85. The van der Waals surface area contributed by atoms with Gasteiger partial charge >= 0.3 is 0 Å². The first-order chi connectivity index (χ1) is 16.7. The molecule has 184 valence electrons. The Bertz CT molecular complexity index is 1270. The third-order valence-electron chi connectivity index (χ3n) is 6.26. The third-order valence-corrected chi connectivity index (χ3v) is 8.30. The fraction of sp³-hybridized carbons (Fsp3) is 0.296. The van der Waals surface area contributed by atoms with E-state index in [4.69, 9.17) is 11.6 Å². The van der Waals surface area contributed by atoms with Crippen LogP contribution in [0.3, 0.4) is 0 Å². The van der Waals surface area contributed by atoms with Gasteiger partial charge in [0.05, 0.1) is 11.4 Å². The molecule has 8 heteroatoms. The van der Waals surface area contributed by atoms with Crippen LogP contribution in [0.4, 0.5) is 5.69 Å². The van der Waals surface area contributed by atoms with Gasteiger partial charge in [0.2, 0.25) is 15.9 Å². The maximum absolute atomic E-state index is 13.5. The molecule has 4 rings (SSSR count). The lowest BCUT2D eigenvalue weighted by atomic mass is 10.1. The van der Waals surface area contributed by atoms with Crippen LogP contribution in [-0.2, 0) is 21.4 Å². The molecule has 3 aromatic carbocycles. The number of benzene rings is 3. The molecule has 0 spiro atoms. The molecule has 0 N–H and O–H groups in total. The van der Waals surface area contributed by atoms with Crippen LogP contribution in [0, 0.1) is 13.8 Å². The molecule has 1 saturated heterocycles. The van der Waals surface area contributed by atoms with E-state index in [9.17, 15) is 13.2 Å². The van der Waals surface area contributed by atoms with Crippen molar-refractivity contribution in [2.24, 2.45) is 0 Å². The van der Waals surface area contributed by atoms with E-state index >= 15 is 0 Å². The van der Waals surface area contributed by atoms with Gasteiger partial charge in [-0.2, -0.15) is 4.31 Å². The fourth-order valence-corrected chi connectivity index (χ4v) is 5.68. The smallest absolute Gasteiger partial charge is 0.243 e. The summed E-state index contributed by atoms with van der Waals surface area (Å²) in [7, 11) is -3.86. The van der Waals surface area contributed by atoms with E-state index in [0.29, 0.717) is 31.2 Å². The number of sulfonamides is 1. The minimum absolute atomic E-state index is 0.130. The van der Waals surface area contributed by atoms with Gasteiger partial charge in [0, 0.05) is 43.4 Å². The molecule has 1 heterocycles. The molecule has 0 atom stereocenters. The molecular weight excluding hydrogens is 482 g/mol. The van der Waals surface area contributed by atoms with Crippen molar-refractivity contribution in [2.75, 3.05) is 37.6 Å². The maximum Gasteiger partial charge on any atom is 0.243 e. The first-order valence-electron chi connectivity index (χ1n) is 11.6. The highest BCUT2D eigenvalue weighted by Gasteiger charge is 2.30. The minimum atomic E-state index is -3.86. The lowest BCUT2D eigenvalue weighted by molar-refractivity contribution is -0.131. The van der Waals surface area contributed by atoms with E-state index < -0.39 is 10.0 Å². The number of halogens is 1. The Balaban J connectivity index is 1.50. The Kier molecular flexibility index (Phi) is 7.79. The van der Waals surface area contributed by atoms with Gasteiger partial charge in [-0.05, 0) is 49.7 Å². The van der Waals surface area contributed by atoms with Gasteiger partial charge < -0.3 is 9.80 Å². The van der Waals surface area contributed by atoms with E-state index in [0.717, 1.165) is 22.4 Å². The van der Waals surface area contributed by atoms with Gasteiger partial charge in [-0.1, -0.05) is 65.2 Å². The lowest BCUT2D eigenvalue weighted by Gasteiger charge is -2.37. The SMILES string of the molecule is Cc1ccc(CN(CC(=O)N2CCN(c3cccc(Cl)c3)CC2)S(=O)(=O)c2ccc(C)cc2)cc1. The predicted molar refractivity (Wildman–Crippen MR) is 140 cm³/mol. The molecule has 6 nitrogen and oxygen atoms in total. The van der Waals surface area contributed by atoms with E-state index in [2.05, 4.69) is 4.90 Å². The zero-order chi connectivity index (χ0) is 25.0. The minimum Gasteiger partial charge on any atom is -0.368 e. The number of anilines is 1. The summed E-state index contributed by atoms with van der Waals surface area (Å²) in [6.45, 7) is 6.18. The summed E-state index contributed by atoms with van der Waals surface area (Å²) in [4.78, 5) is 17.4. The van der Waals surface area contributed by atoms with Gasteiger partial charge in [-0.3, -0.25) is 4.79 Å². The summed E-state index contributed by atoms with van der Waals surface area (Å²) in [5.41, 5.74) is 3.93. The van der Waals surface area contributed by atoms with Crippen LogP contribution in [0.5, 0.6) is 0 Å². The van der Waals surface area contributed by atoms with E-state index in [1.54, 1.807) is 29.2 Å². The van der Waals surface area contributed by atoms with E-state index in [-0.39, 0.29) is 23.9 Å². The highest BCUT2D eigenvalue weighted by Crippen LogP contribution is 2.22. The zero-order valence-electron chi connectivity index (χ0n) is 20.0. The Hall–Kier alpha value is -2.87. The third kappa shape index (κ3) is 6.23. The number of nitrogens with zero attached hydrogens (tertiary/aromatic N) is 3. The van der Waals surface area contributed by atoms with Gasteiger partial charge in [0.1, 0.15) is 0 Å². The first-order valence-corrected chi connectivity index (χ1v) is 13.4. The second kappa shape index (κ2) is 10.8. The number of aryl methyl sites for hydroxylation is 2. The topological polar surface area (TPSA) is 60.9 Å². The Morgan fingerprint density at radius 2 is 1.49 bits per heavy atom. The van der Waals surface area contributed by atoms with Gasteiger partial charge in [0.15, 0.2) is 0 Å². The molecule has 0 aromatic heterocycles. The Labute approximate surface area is 212 Å². The highest BCUT2D eigenvalue weighted by atomic mass is 35.5. The van der Waals surface area contributed by atoms with Crippen LogP contribution in [-0.4, -0.2) is 56.3 Å². The molecular formula is C27H30ClN3O3S. The second-order valence-electron chi connectivity index (χ2n) is 8.92. The molecule has 0 radical (unpaired) electrons. The van der Waals surface area contributed by atoms with Crippen molar-refractivity contribution in [3.05, 3.63) is 94.5 Å².